The van der Waals surface area contributed by atoms with Crippen LogP contribution in [0.2, 0.25) is 0 Å². The molecule has 0 aliphatic heterocycles. The molecule has 1 heterocycles. The van der Waals surface area contributed by atoms with Crippen LogP contribution in [0.4, 0.5) is 18.9 Å². The zero-order valence-corrected chi connectivity index (χ0v) is 9.52. The van der Waals surface area contributed by atoms with E-state index in [0.29, 0.717) is 0 Å². The summed E-state index contributed by atoms with van der Waals surface area (Å²) < 4.78 is 42.8. The van der Waals surface area contributed by atoms with Crippen molar-refractivity contribution in [2.75, 3.05) is 5.73 Å². The molecule has 2 N–H and O–H groups in total. The van der Waals surface area contributed by atoms with Crippen molar-refractivity contribution >= 4 is 5.69 Å². The SMILES string of the molecule is Cn1cnnc1C(F)(F)C(F)c1cccc(N)c1. The fourth-order valence-corrected chi connectivity index (χ4v) is 1.62. The molecule has 0 radical (unpaired) electrons. The Morgan fingerprint density at radius 1 is 1.39 bits per heavy atom. The van der Waals surface area contributed by atoms with Gasteiger partial charge in [-0.15, -0.1) is 10.2 Å². The van der Waals surface area contributed by atoms with Gasteiger partial charge in [-0.1, -0.05) is 12.1 Å². The second-order valence-corrected chi connectivity index (χ2v) is 3.92. The monoisotopic (exact) mass is 256 g/mol. The number of anilines is 1. The molecular weight excluding hydrogens is 245 g/mol. The van der Waals surface area contributed by atoms with Crippen molar-refractivity contribution in [3.8, 4) is 0 Å². The zero-order valence-electron chi connectivity index (χ0n) is 9.52. The Kier molecular flexibility index (Phi) is 2.98. The molecule has 7 heteroatoms. The second-order valence-electron chi connectivity index (χ2n) is 3.92. The highest BCUT2D eigenvalue weighted by Gasteiger charge is 2.47. The number of nitrogen functional groups attached to an aromatic ring is 1. The van der Waals surface area contributed by atoms with Gasteiger partial charge in [0, 0.05) is 12.7 Å². The molecular formula is C11H11F3N4. The van der Waals surface area contributed by atoms with Gasteiger partial charge < -0.3 is 10.3 Å². The predicted molar refractivity (Wildman–Crippen MR) is 59.6 cm³/mol. The third-order valence-corrected chi connectivity index (χ3v) is 2.53. The molecule has 1 aromatic heterocycles. The molecule has 18 heavy (non-hydrogen) atoms. The van der Waals surface area contributed by atoms with Crippen LogP contribution >= 0.6 is 0 Å². The van der Waals surface area contributed by atoms with E-state index in [1.165, 1.54) is 31.3 Å². The van der Waals surface area contributed by atoms with Crippen LogP contribution in [0.25, 0.3) is 0 Å². The minimum absolute atomic E-state index is 0.192. The van der Waals surface area contributed by atoms with Crippen molar-refractivity contribution in [2.24, 2.45) is 7.05 Å². The number of nitrogens with zero attached hydrogens (tertiary/aromatic N) is 3. The van der Waals surface area contributed by atoms with Crippen LogP contribution in [0, 0.1) is 0 Å². The van der Waals surface area contributed by atoms with Crippen molar-refractivity contribution < 1.29 is 13.2 Å². The lowest BCUT2D eigenvalue weighted by Gasteiger charge is -2.20. The van der Waals surface area contributed by atoms with E-state index in [1.807, 2.05) is 0 Å². The lowest BCUT2D eigenvalue weighted by Crippen LogP contribution is -2.25. The summed E-state index contributed by atoms with van der Waals surface area (Å²) in [6.45, 7) is 0. The Morgan fingerprint density at radius 3 is 2.67 bits per heavy atom. The van der Waals surface area contributed by atoms with Crippen molar-refractivity contribution in [2.45, 2.75) is 12.1 Å². The maximum atomic E-state index is 13.9. The Morgan fingerprint density at radius 2 is 2.11 bits per heavy atom. The number of aryl methyl sites for hydroxylation is 1. The molecule has 1 aromatic carbocycles. The van der Waals surface area contributed by atoms with E-state index in [2.05, 4.69) is 10.2 Å². The molecule has 0 aliphatic carbocycles. The first kappa shape index (κ1) is 12.4. The van der Waals surface area contributed by atoms with Gasteiger partial charge in [0.15, 0.2) is 6.17 Å². The lowest BCUT2D eigenvalue weighted by molar-refractivity contribution is -0.0904. The van der Waals surface area contributed by atoms with Crippen LogP contribution in [0.3, 0.4) is 0 Å². The Labute approximate surface area is 101 Å². The standard InChI is InChI=1S/C11H11F3N4/c1-18-6-16-17-10(18)11(13,14)9(12)7-3-2-4-8(15)5-7/h2-6,9H,15H2,1H3. The van der Waals surface area contributed by atoms with E-state index >= 15 is 0 Å². The van der Waals surface area contributed by atoms with Gasteiger partial charge in [0.25, 0.3) is 0 Å². The third-order valence-electron chi connectivity index (χ3n) is 2.53. The van der Waals surface area contributed by atoms with Crippen molar-refractivity contribution in [1.29, 1.82) is 0 Å². The molecule has 0 bridgehead atoms. The summed E-state index contributed by atoms with van der Waals surface area (Å²) in [5.41, 5.74) is 5.48. The molecule has 1 unspecified atom stereocenters. The minimum atomic E-state index is -3.76. The molecule has 1 atom stereocenters. The number of hydrogen-bond donors (Lipinski definition) is 1. The van der Waals surface area contributed by atoms with Crippen LogP contribution < -0.4 is 5.73 Å². The van der Waals surface area contributed by atoms with E-state index in [0.717, 1.165) is 10.9 Å². The largest absolute Gasteiger partial charge is 0.399 e. The van der Waals surface area contributed by atoms with Crippen LogP contribution in [-0.4, -0.2) is 14.8 Å². The fraction of sp³-hybridized carbons (Fsp3) is 0.273. The maximum absolute atomic E-state index is 13.9. The average Bonchev–Trinajstić information content (AvgIpc) is 2.75. The number of hydrogen-bond acceptors (Lipinski definition) is 3. The van der Waals surface area contributed by atoms with E-state index in [1.54, 1.807) is 0 Å². The molecule has 96 valence electrons. The highest BCUT2D eigenvalue weighted by molar-refractivity contribution is 5.42. The predicted octanol–water partition coefficient (Wildman–Crippen LogP) is 2.20. The molecule has 0 aliphatic rings. The molecule has 0 saturated heterocycles. The summed E-state index contributed by atoms with van der Waals surface area (Å²) in [5.74, 6) is -4.49. The van der Waals surface area contributed by atoms with Gasteiger partial charge in [0.2, 0.25) is 5.82 Å². The number of nitrogens with two attached hydrogens (primary N) is 1. The summed E-state index contributed by atoms with van der Waals surface area (Å²) >= 11 is 0. The number of alkyl halides is 3. The van der Waals surface area contributed by atoms with Crippen LogP contribution in [0.15, 0.2) is 30.6 Å². The molecule has 4 nitrogen and oxygen atoms in total. The Hall–Kier alpha value is -2.05. The van der Waals surface area contributed by atoms with E-state index in [4.69, 9.17) is 5.73 Å². The summed E-state index contributed by atoms with van der Waals surface area (Å²) in [6, 6.07) is 5.35. The molecule has 0 amide bonds. The van der Waals surface area contributed by atoms with Gasteiger partial charge in [-0.2, -0.15) is 8.78 Å². The summed E-state index contributed by atoms with van der Waals surface area (Å²) in [4.78, 5) is 0. The minimum Gasteiger partial charge on any atom is -0.399 e. The van der Waals surface area contributed by atoms with Crippen LogP contribution in [-0.2, 0) is 13.0 Å². The van der Waals surface area contributed by atoms with E-state index in [9.17, 15) is 13.2 Å². The zero-order chi connectivity index (χ0) is 13.3. The third kappa shape index (κ3) is 2.03. The van der Waals surface area contributed by atoms with E-state index in [-0.39, 0.29) is 11.3 Å². The molecule has 2 aromatic rings. The fourth-order valence-electron chi connectivity index (χ4n) is 1.62. The van der Waals surface area contributed by atoms with Gasteiger partial charge in [0.05, 0.1) is 0 Å². The number of rotatable bonds is 3. The summed E-state index contributed by atoms with van der Waals surface area (Å²) in [5, 5.41) is 6.57. The number of halogens is 3. The molecule has 0 saturated carbocycles. The Balaban J connectivity index is 2.39. The average molecular weight is 256 g/mol. The molecule has 0 spiro atoms. The molecule has 0 fully saturated rings. The van der Waals surface area contributed by atoms with Gasteiger partial charge >= 0.3 is 5.92 Å². The van der Waals surface area contributed by atoms with Crippen molar-refractivity contribution in [3.05, 3.63) is 42.0 Å². The first-order valence-corrected chi connectivity index (χ1v) is 5.14. The molecule has 2 rings (SSSR count). The summed E-state index contributed by atoms with van der Waals surface area (Å²) in [6.07, 6.45) is -1.43. The topological polar surface area (TPSA) is 56.7 Å². The first-order chi connectivity index (χ1) is 8.43. The second kappa shape index (κ2) is 4.32. The van der Waals surface area contributed by atoms with Gasteiger partial charge in [0.1, 0.15) is 6.33 Å². The normalized spacial score (nSPS) is 13.6. The van der Waals surface area contributed by atoms with Gasteiger partial charge in [-0.05, 0) is 17.7 Å². The first-order valence-electron chi connectivity index (χ1n) is 5.14. The van der Waals surface area contributed by atoms with Gasteiger partial charge in [-0.3, -0.25) is 0 Å². The van der Waals surface area contributed by atoms with Crippen LogP contribution in [0.1, 0.15) is 17.6 Å². The number of benzene rings is 1. The van der Waals surface area contributed by atoms with Gasteiger partial charge in [-0.25, -0.2) is 4.39 Å². The maximum Gasteiger partial charge on any atom is 0.341 e. The Bertz CT molecular complexity index is 553. The quantitative estimate of drug-likeness (QED) is 0.856. The van der Waals surface area contributed by atoms with Crippen molar-refractivity contribution in [1.82, 2.24) is 14.8 Å². The van der Waals surface area contributed by atoms with E-state index < -0.39 is 17.9 Å². The highest BCUT2D eigenvalue weighted by Crippen LogP contribution is 2.42. The smallest absolute Gasteiger partial charge is 0.341 e. The van der Waals surface area contributed by atoms with Crippen LogP contribution in [0.5, 0.6) is 0 Å². The van der Waals surface area contributed by atoms with Crippen molar-refractivity contribution in [3.63, 3.8) is 0 Å². The number of aromatic nitrogens is 3. The lowest BCUT2D eigenvalue weighted by atomic mass is 10.0. The summed E-state index contributed by atoms with van der Waals surface area (Å²) in [7, 11) is 1.33. The highest BCUT2D eigenvalue weighted by atomic mass is 19.3.